The predicted octanol–water partition coefficient (Wildman–Crippen LogP) is 2.48. The zero-order valence-corrected chi connectivity index (χ0v) is 19.1. The molecule has 1 amide bonds. The molecule has 2 heterocycles. The molecule has 2 saturated heterocycles. The fourth-order valence-corrected chi connectivity index (χ4v) is 6.53. The maximum absolute atomic E-state index is 13.1. The molecule has 2 unspecified atom stereocenters. The van der Waals surface area contributed by atoms with Crippen molar-refractivity contribution >= 4 is 37.4 Å². The fourth-order valence-electron chi connectivity index (χ4n) is 4.28. The second-order valence-electron chi connectivity index (χ2n) is 7.55. The summed E-state index contributed by atoms with van der Waals surface area (Å²) in [5.74, 6) is 1.15. The molecule has 2 aromatic carbocycles. The van der Waals surface area contributed by atoms with Crippen molar-refractivity contribution in [1.29, 1.82) is 0 Å². The minimum absolute atomic E-state index is 0.0259. The van der Waals surface area contributed by atoms with Crippen molar-refractivity contribution in [2.75, 3.05) is 37.2 Å². The molecule has 0 aliphatic carbocycles. The van der Waals surface area contributed by atoms with E-state index >= 15 is 0 Å². The van der Waals surface area contributed by atoms with Crippen LogP contribution in [0.5, 0.6) is 11.5 Å². The third-order valence-electron chi connectivity index (χ3n) is 5.64. The molecule has 0 bridgehead atoms. The Morgan fingerprint density at radius 1 is 1.00 bits per heavy atom. The number of fused-ring (bicyclic) bond motifs is 1. The van der Waals surface area contributed by atoms with Crippen molar-refractivity contribution in [2.45, 2.75) is 18.6 Å². The van der Waals surface area contributed by atoms with Crippen LogP contribution in [0, 0.1) is 0 Å². The molecule has 2 aliphatic heterocycles. The number of methoxy groups -OCH3 is 2. The molecule has 160 valence electrons. The van der Waals surface area contributed by atoms with Gasteiger partial charge in [-0.3, -0.25) is 9.69 Å². The highest BCUT2D eigenvalue weighted by Gasteiger charge is 2.49. The van der Waals surface area contributed by atoms with E-state index in [0.29, 0.717) is 18.0 Å². The third-order valence-corrected chi connectivity index (χ3v) is 7.87. The van der Waals surface area contributed by atoms with Gasteiger partial charge in [0.15, 0.2) is 21.3 Å². The molecule has 2 fully saturated rings. The Bertz CT molecular complexity index is 1060. The van der Waals surface area contributed by atoms with Gasteiger partial charge in [-0.2, -0.15) is 0 Å². The summed E-state index contributed by atoms with van der Waals surface area (Å²) >= 11 is 3.40. The van der Waals surface area contributed by atoms with Gasteiger partial charge in [-0.25, -0.2) is 8.42 Å². The normalized spacial score (nSPS) is 23.3. The van der Waals surface area contributed by atoms with Gasteiger partial charge in [-0.1, -0.05) is 22.0 Å². The van der Waals surface area contributed by atoms with E-state index in [-0.39, 0.29) is 30.0 Å². The molecular formula is C21H23BrN2O5S. The van der Waals surface area contributed by atoms with E-state index in [9.17, 15) is 13.2 Å². The summed E-state index contributed by atoms with van der Waals surface area (Å²) in [4.78, 5) is 16.7. The molecule has 9 heteroatoms. The number of piperazine rings is 1. The zero-order valence-electron chi connectivity index (χ0n) is 16.7. The summed E-state index contributed by atoms with van der Waals surface area (Å²) in [7, 11) is -0.0935. The van der Waals surface area contributed by atoms with Gasteiger partial charge in [-0.05, 0) is 42.0 Å². The van der Waals surface area contributed by atoms with E-state index in [4.69, 9.17) is 9.47 Å². The van der Waals surface area contributed by atoms with Crippen LogP contribution in [0.15, 0.2) is 46.9 Å². The molecule has 4 rings (SSSR count). The average Bonchev–Trinajstić information content (AvgIpc) is 3.04. The predicted molar refractivity (Wildman–Crippen MR) is 118 cm³/mol. The number of carbonyl (C=O) groups is 1. The number of anilines is 1. The number of hydrogen-bond donors (Lipinski definition) is 0. The van der Waals surface area contributed by atoms with Gasteiger partial charge in [0.25, 0.3) is 0 Å². The second-order valence-corrected chi connectivity index (χ2v) is 10.6. The van der Waals surface area contributed by atoms with E-state index in [1.165, 1.54) is 0 Å². The lowest BCUT2D eigenvalue weighted by molar-refractivity contribution is -0.123. The molecule has 0 radical (unpaired) electrons. The summed E-state index contributed by atoms with van der Waals surface area (Å²) in [5.41, 5.74) is 1.65. The van der Waals surface area contributed by atoms with Crippen LogP contribution >= 0.6 is 15.9 Å². The fraction of sp³-hybridized carbons (Fsp3) is 0.381. The monoisotopic (exact) mass is 494 g/mol. The van der Waals surface area contributed by atoms with E-state index in [2.05, 4.69) is 15.9 Å². The molecule has 30 heavy (non-hydrogen) atoms. The Hall–Kier alpha value is -2.10. The first-order valence-corrected chi connectivity index (χ1v) is 12.2. The number of benzene rings is 2. The van der Waals surface area contributed by atoms with Gasteiger partial charge in [0.1, 0.15) is 0 Å². The first kappa shape index (κ1) is 21.1. The molecule has 7 nitrogen and oxygen atoms in total. The third kappa shape index (κ3) is 4.06. The number of halogens is 1. The maximum Gasteiger partial charge on any atom is 0.241 e. The van der Waals surface area contributed by atoms with E-state index in [1.54, 1.807) is 19.1 Å². The number of nitrogens with zero attached hydrogens (tertiary/aromatic N) is 2. The van der Waals surface area contributed by atoms with Gasteiger partial charge in [0.2, 0.25) is 5.91 Å². The lowest BCUT2D eigenvalue weighted by atomic mass is 10.0. The van der Waals surface area contributed by atoms with Crippen LogP contribution < -0.4 is 14.4 Å². The van der Waals surface area contributed by atoms with Gasteiger partial charge in [0, 0.05) is 22.7 Å². The summed E-state index contributed by atoms with van der Waals surface area (Å²) in [5, 5.41) is 0. The van der Waals surface area contributed by atoms with Crippen molar-refractivity contribution < 1.29 is 22.7 Å². The number of carbonyl (C=O) groups excluding carboxylic acids is 1. The van der Waals surface area contributed by atoms with Crippen LogP contribution in [0.1, 0.15) is 5.56 Å². The number of sulfone groups is 1. The van der Waals surface area contributed by atoms with Crippen molar-refractivity contribution in [3.05, 3.63) is 52.5 Å². The largest absolute Gasteiger partial charge is 0.493 e. The molecule has 2 aliphatic rings. The highest BCUT2D eigenvalue weighted by atomic mass is 79.9. The minimum atomic E-state index is -3.24. The number of rotatable bonds is 5. The molecule has 0 saturated carbocycles. The summed E-state index contributed by atoms with van der Waals surface area (Å²) in [6.07, 6.45) is 0. The van der Waals surface area contributed by atoms with Crippen LogP contribution in [0.4, 0.5) is 5.69 Å². The van der Waals surface area contributed by atoms with Crippen LogP contribution in [0.3, 0.4) is 0 Å². The number of amides is 1. The Morgan fingerprint density at radius 3 is 2.33 bits per heavy atom. The van der Waals surface area contributed by atoms with E-state index < -0.39 is 15.9 Å². The van der Waals surface area contributed by atoms with E-state index in [1.807, 2.05) is 47.4 Å². The molecule has 2 atom stereocenters. The lowest BCUT2D eigenvalue weighted by Gasteiger charge is -2.43. The van der Waals surface area contributed by atoms with Crippen LogP contribution in [0.25, 0.3) is 0 Å². The Morgan fingerprint density at radius 2 is 1.67 bits per heavy atom. The van der Waals surface area contributed by atoms with Gasteiger partial charge in [0.05, 0.1) is 38.3 Å². The first-order chi connectivity index (χ1) is 14.3. The zero-order chi connectivity index (χ0) is 21.5. The van der Waals surface area contributed by atoms with Crippen molar-refractivity contribution in [3.63, 3.8) is 0 Å². The SMILES string of the molecule is COc1ccc(CN2CC(=O)N(c3ccc(Br)cc3)C3CS(=O)(=O)CC32)cc1OC. The summed E-state index contributed by atoms with van der Waals surface area (Å²) in [6.45, 7) is 0.609. The Balaban J connectivity index is 1.64. The molecule has 2 aromatic rings. The molecular weight excluding hydrogens is 472 g/mol. The summed E-state index contributed by atoms with van der Waals surface area (Å²) < 4.78 is 36.6. The average molecular weight is 495 g/mol. The second kappa shape index (κ2) is 8.20. The van der Waals surface area contributed by atoms with Crippen LogP contribution in [-0.4, -0.2) is 63.6 Å². The Kier molecular flexibility index (Phi) is 5.78. The van der Waals surface area contributed by atoms with Gasteiger partial charge < -0.3 is 14.4 Å². The topological polar surface area (TPSA) is 76.2 Å². The van der Waals surface area contributed by atoms with Crippen molar-refractivity contribution in [1.82, 2.24) is 4.90 Å². The number of ether oxygens (including phenoxy) is 2. The molecule has 0 N–H and O–H groups in total. The smallest absolute Gasteiger partial charge is 0.241 e. The lowest BCUT2D eigenvalue weighted by Crippen LogP contribution is -2.61. The highest BCUT2D eigenvalue weighted by molar-refractivity contribution is 9.10. The summed E-state index contributed by atoms with van der Waals surface area (Å²) in [6, 6.07) is 12.3. The highest BCUT2D eigenvalue weighted by Crippen LogP contribution is 2.34. The first-order valence-electron chi connectivity index (χ1n) is 9.54. The quantitative estimate of drug-likeness (QED) is 0.635. The van der Waals surface area contributed by atoms with E-state index in [0.717, 1.165) is 15.7 Å². The molecule has 0 spiro atoms. The number of hydrogen-bond acceptors (Lipinski definition) is 6. The van der Waals surface area contributed by atoms with Crippen molar-refractivity contribution in [3.8, 4) is 11.5 Å². The van der Waals surface area contributed by atoms with Crippen LogP contribution in [-0.2, 0) is 21.2 Å². The Labute approximate surface area is 184 Å². The maximum atomic E-state index is 13.1. The standard InChI is InChI=1S/C21H23BrN2O5S/c1-28-19-8-3-14(9-20(19)29-2)10-23-11-21(25)24(16-6-4-15(22)5-7-16)18-13-30(26,27)12-17(18)23/h3-9,17-18H,10-13H2,1-2H3. The van der Waals surface area contributed by atoms with Gasteiger partial charge in [-0.15, -0.1) is 0 Å². The minimum Gasteiger partial charge on any atom is -0.493 e. The van der Waals surface area contributed by atoms with Crippen molar-refractivity contribution in [2.24, 2.45) is 0 Å². The van der Waals surface area contributed by atoms with Crippen LogP contribution in [0.2, 0.25) is 0 Å². The molecule has 0 aromatic heterocycles. The van der Waals surface area contributed by atoms with Gasteiger partial charge >= 0.3 is 0 Å².